The van der Waals surface area contributed by atoms with E-state index in [0.717, 1.165) is 38.7 Å². The molecule has 1 saturated heterocycles. The van der Waals surface area contributed by atoms with Crippen LogP contribution in [0.15, 0.2) is 0 Å². The minimum absolute atomic E-state index is 0.0650. The van der Waals surface area contributed by atoms with Gasteiger partial charge < -0.3 is 15.8 Å². The molecule has 2 unspecified atom stereocenters. The van der Waals surface area contributed by atoms with Crippen LogP contribution in [0.3, 0.4) is 0 Å². The van der Waals surface area contributed by atoms with Crippen LogP contribution < -0.4 is 11.1 Å². The molecule has 0 saturated carbocycles. The van der Waals surface area contributed by atoms with Gasteiger partial charge in [-0.25, -0.2) is 0 Å². The van der Waals surface area contributed by atoms with Crippen LogP contribution in [0.4, 0.5) is 0 Å². The highest BCUT2D eigenvalue weighted by molar-refractivity contribution is 5.83. The van der Waals surface area contributed by atoms with Crippen molar-refractivity contribution in [2.45, 2.75) is 71.4 Å². The Labute approximate surface area is 117 Å². The third-order valence-electron chi connectivity index (χ3n) is 4.62. The molecule has 0 spiro atoms. The predicted molar refractivity (Wildman–Crippen MR) is 77.9 cm³/mol. The average molecular weight is 270 g/mol. The molecule has 2 atom stereocenters. The number of ether oxygens (including phenoxy) is 1. The number of rotatable bonds is 7. The highest BCUT2D eigenvalue weighted by Crippen LogP contribution is 2.32. The fourth-order valence-corrected chi connectivity index (χ4v) is 3.00. The van der Waals surface area contributed by atoms with E-state index >= 15 is 0 Å². The molecular weight excluding hydrogens is 240 g/mol. The first kappa shape index (κ1) is 16.4. The van der Waals surface area contributed by atoms with Gasteiger partial charge in [-0.2, -0.15) is 0 Å². The molecule has 4 heteroatoms. The molecule has 1 heterocycles. The van der Waals surface area contributed by atoms with E-state index in [9.17, 15) is 4.79 Å². The zero-order chi connectivity index (χ0) is 14.5. The van der Waals surface area contributed by atoms with Crippen LogP contribution in [0.2, 0.25) is 0 Å². The number of amides is 1. The average Bonchev–Trinajstić information content (AvgIpc) is 2.68. The molecule has 112 valence electrons. The van der Waals surface area contributed by atoms with Crippen LogP contribution in [-0.2, 0) is 9.53 Å². The van der Waals surface area contributed by atoms with Gasteiger partial charge in [-0.15, -0.1) is 0 Å². The lowest BCUT2D eigenvalue weighted by Crippen LogP contribution is -2.57. The molecule has 0 aromatic heterocycles. The molecule has 4 nitrogen and oxygen atoms in total. The zero-order valence-corrected chi connectivity index (χ0v) is 12.9. The van der Waals surface area contributed by atoms with Gasteiger partial charge in [0.25, 0.3) is 0 Å². The van der Waals surface area contributed by atoms with Gasteiger partial charge in [-0.1, -0.05) is 26.7 Å². The minimum atomic E-state index is -0.408. The molecule has 0 aromatic carbocycles. The number of nitrogens with two attached hydrogens (primary N) is 1. The Balaban J connectivity index is 2.82. The third kappa shape index (κ3) is 3.48. The maximum Gasteiger partial charge on any atom is 0.228 e. The van der Waals surface area contributed by atoms with Crippen molar-refractivity contribution in [2.75, 3.05) is 13.2 Å². The van der Waals surface area contributed by atoms with Crippen molar-refractivity contribution in [3.8, 4) is 0 Å². The Morgan fingerprint density at radius 2 is 2.00 bits per heavy atom. The van der Waals surface area contributed by atoms with Crippen molar-refractivity contribution in [3.05, 3.63) is 0 Å². The van der Waals surface area contributed by atoms with E-state index in [1.54, 1.807) is 0 Å². The summed E-state index contributed by atoms with van der Waals surface area (Å²) in [7, 11) is 0. The van der Waals surface area contributed by atoms with Crippen molar-refractivity contribution in [3.63, 3.8) is 0 Å². The molecule has 1 rings (SSSR count). The van der Waals surface area contributed by atoms with Gasteiger partial charge in [-0.3, -0.25) is 4.79 Å². The number of carbonyl (C=O) groups is 1. The monoisotopic (exact) mass is 270 g/mol. The van der Waals surface area contributed by atoms with E-state index in [1.165, 1.54) is 0 Å². The summed E-state index contributed by atoms with van der Waals surface area (Å²) in [4.78, 5) is 12.7. The Hall–Kier alpha value is -0.610. The summed E-state index contributed by atoms with van der Waals surface area (Å²) in [6.45, 7) is 9.45. The summed E-state index contributed by atoms with van der Waals surface area (Å²) in [5.74, 6) is 0.110. The highest BCUT2D eigenvalue weighted by Gasteiger charge is 2.43. The molecule has 0 aromatic rings. The zero-order valence-electron chi connectivity index (χ0n) is 12.9. The second-order valence-corrected chi connectivity index (χ2v) is 6.12. The fraction of sp³-hybridized carbons (Fsp3) is 0.933. The number of carbonyl (C=O) groups excluding carboxylic acids is 1. The smallest absolute Gasteiger partial charge is 0.228 e. The normalized spacial score (nSPS) is 27.5. The summed E-state index contributed by atoms with van der Waals surface area (Å²) in [5, 5.41) is 3.22. The van der Waals surface area contributed by atoms with E-state index in [4.69, 9.17) is 10.5 Å². The van der Waals surface area contributed by atoms with Crippen molar-refractivity contribution >= 4 is 5.91 Å². The lowest BCUT2D eigenvalue weighted by molar-refractivity contribution is -0.134. The SMILES string of the molecule is CCCC(CN)(CCC)C(=O)NC1(C)CCOC1C. The second-order valence-electron chi connectivity index (χ2n) is 6.12. The third-order valence-corrected chi connectivity index (χ3v) is 4.62. The van der Waals surface area contributed by atoms with Gasteiger partial charge >= 0.3 is 0 Å². The van der Waals surface area contributed by atoms with E-state index in [2.05, 4.69) is 26.1 Å². The van der Waals surface area contributed by atoms with Crippen LogP contribution in [0.25, 0.3) is 0 Å². The molecule has 0 radical (unpaired) electrons. The van der Waals surface area contributed by atoms with E-state index < -0.39 is 5.41 Å². The molecule has 1 amide bonds. The van der Waals surface area contributed by atoms with Gasteiger partial charge in [0.05, 0.1) is 17.1 Å². The van der Waals surface area contributed by atoms with Gasteiger partial charge in [0, 0.05) is 13.2 Å². The van der Waals surface area contributed by atoms with Crippen LogP contribution in [-0.4, -0.2) is 30.7 Å². The topological polar surface area (TPSA) is 64.4 Å². The first-order valence-electron chi connectivity index (χ1n) is 7.58. The van der Waals surface area contributed by atoms with Crippen molar-refractivity contribution in [2.24, 2.45) is 11.1 Å². The predicted octanol–water partition coefficient (Wildman–Crippen LogP) is 2.22. The van der Waals surface area contributed by atoms with Crippen LogP contribution in [0.5, 0.6) is 0 Å². The van der Waals surface area contributed by atoms with Crippen molar-refractivity contribution in [1.82, 2.24) is 5.32 Å². The quantitative estimate of drug-likeness (QED) is 0.745. The van der Waals surface area contributed by atoms with Gasteiger partial charge in [0.2, 0.25) is 5.91 Å². The Morgan fingerprint density at radius 1 is 1.42 bits per heavy atom. The summed E-state index contributed by atoms with van der Waals surface area (Å²) < 4.78 is 5.59. The van der Waals surface area contributed by atoms with Gasteiger partial charge in [0.1, 0.15) is 0 Å². The number of hydrogen-bond donors (Lipinski definition) is 2. The Kier molecular flexibility index (Phi) is 5.81. The fourth-order valence-electron chi connectivity index (χ4n) is 3.00. The lowest BCUT2D eigenvalue weighted by Gasteiger charge is -2.37. The molecule has 19 heavy (non-hydrogen) atoms. The van der Waals surface area contributed by atoms with Crippen molar-refractivity contribution in [1.29, 1.82) is 0 Å². The lowest BCUT2D eigenvalue weighted by atomic mass is 9.77. The van der Waals surface area contributed by atoms with E-state index in [-0.39, 0.29) is 17.6 Å². The molecule has 0 bridgehead atoms. The van der Waals surface area contributed by atoms with Gasteiger partial charge in [0.15, 0.2) is 0 Å². The summed E-state index contributed by atoms with van der Waals surface area (Å²) in [6.07, 6.45) is 4.61. The minimum Gasteiger partial charge on any atom is -0.376 e. The highest BCUT2D eigenvalue weighted by atomic mass is 16.5. The van der Waals surface area contributed by atoms with Crippen LogP contribution in [0, 0.1) is 5.41 Å². The maximum atomic E-state index is 12.7. The Morgan fingerprint density at radius 3 is 2.37 bits per heavy atom. The standard InChI is InChI=1S/C15H30N2O2/c1-5-7-15(11-16,8-6-2)13(18)17-14(4)9-10-19-12(14)3/h12H,5-11,16H2,1-4H3,(H,17,18). The number of hydrogen-bond acceptors (Lipinski definition) is 3. The Bertz CT molecular complexity index is 301. The first-order chi connectivity index (χ1) is 8.94. The summed E-state index contributed by atoms with van der Waals surface area (Å²) in [5.41, 5.74) is 5.28. The molecule has 1 aliphatic heterocycles. The van der Waals surface area contributed by atoms with E-state index in [1.807, 2.05) is 6.92 Å². The molecule has 3 N–H and O–H groups in total. The summed E-state index contributed by atoms with van der Waals surface area (Å²) in [6, 6.07) is 0. The van der Waals surface area contributed by atoms with Crippen LogP contribution in [0.1, 0.15) is 59.8 Å². The summed E-state index contributed by atoms with van der Waals surface area (Å²) >= 11 is 0. The molecule has 1 aliphatic rings. The molecule has 0 aliphatic carbocycles. The second kappa shape index (κ2) is 6.71. The molecular formula is C15H30N2O2. The molecule has 1 fully saturated rings. The number of nitrogens with one attached hydrogen (secondary N) is 1. The van der Waals surface area contributed by atoms with Gasteiger partial charge in [-0.05, 0) is 33.1 Å². The van der Waals surface area contributed by atoms with E-state index in [0.29, 0.717) is 6.54 Å². The first-order valence-corrected chi connectivity index (χ1v) is 7.58. The largest absolute Gasteiger partial charge is 0.376 e. The van der Waals surface area contributed by atoms with Crippen LogP contribution >= 0.6 is 0 Å². The van der Waals surface area contributed by atoms with Crippen molar-refractivity contribution < 1.29 is 9.53 Å². The maximum absolute atomic E-state index is 12.7.